The fourth-order valence-electron chi connectivity index (χ4n) is 2.03. The maximum Gasteiger partial charge on any atom is 0.122 e. The maximum atomic E-state index is 5.86. The highest BCUT2D eigenvalue weighted by atomic mass is 79.9. The minimum atomic E-state index is 0.701. The summed E-state index contributed by atoms with van der Waals surface area (Å²) < 4.78 is 6.96. The van der Waals surface area contributed by atoms with E-state index in [9.17, 15) is 0 Å². The van der Waals surface area contributed by atoms with E-state index in [1.165, 1.54) is 11.1 Å². The molecule has 1 aromatic carbocycles. The number of benzene rings is 1. The van der Waals surface area contributed by atoms with Crippen LogP contribution in [0.3, 0.4) is 0 Å². The first kappa shape index (κ1) is 12.7. The fourth-order valence-corrected chi connectivity index (χ4v) is 2.50. The zero-order valence-electron chi connectivity index (χ0n) is 10.4. The van der Waals surface area contributed by atoms with Crippen LogP contribution >= 0.6 is 15.9 Å². The Labute approximate surface area is 111 Å². The molecule has 0 aromatic heterocycles. The average Bonchev–Trinajstić information content (AvgIpc) is 2.28. The third-order valence-electron chi connectivity index (χ3n) is 2.97. The highest BCUT2D eigenvalue weighted by Gasteiger charge is 2.09. The van der Waals surface area contributed by atoms with Crippen molar-refractivity contribution in [3.8, 4) is 5.75 Å². The van der Waals surface area contributed by atoms with Crippen LogP contribution in [0.4, 0.5) is 0 Å². The highest BCUT2D eigenvalue weighted by molar-refractivity contribution is 9.10. The van der Waals surface area contributed by atoms with Crippen molar-refractivity contribution in [2.75, 3.05) is 26.7 Å². The third kappa shape index (κ3) is 3.58. The minimum Gasteiger partial charge on any atom is -0.489 e. The van der Waals surface area contributed by atoms with Crippen LogP contribution in [-0.4, -0.2) is 31.6 Å². The lowest BCUT2D eigenvalue weighted by molar-refractivity contribution is 0.301. The van der Waals surface area contributed by atoms with Crippen molar-refractivity contribution in [1.29, 1.82) is 0 Å². The van der Waals surface area contributed by atoms with E-state index in [4.69, 9.17) is 4.74 Å². The lowest BCUT2D eigenvalue weighted by atomic mass is 10.1. The Hall–Kier alpha value is -0.800. The van der Waals surface area contributed by atoms with Crippen LogP contribution in [0, 0.1) is 6.92 Å². The van der Waals surface area contributed by atoms with E-state index in [2.05, 4.69) is 46.9 Å². The normalized spacial score (nSPS) is 16.8. The number of hydrogen-bond donors (Lipinski definition) is 0. The molecule has 92 valence electrons. The zero-order valence-corrected chi connectivity index (χ0v) is 12.0. The molecule has 1 heterocycles. The van der Waals surface area contributed by atoms with E-state index >= 15 is 0 Å². The Balaban J connectivity index is 1.95. The molecule has 1 aliphatic rings. The van der Waals surface area contributed by atoms with Crippen LogP contribution in [0.1, 0.15) is 12.0 Å². The predicted molar refractivity (Wildman–Crippen MR) is 74.6 cm³/mol. The molecule has 17 heavy (non-hydrogen) atoms. The summed E-state index contributed by atoms with van der Waals surface area (Å²) in [5.74, 6) is 0.974. The molecule has 3 heteroatoms. The van der Waals surface area contributed by atoms with Gasteiger partial charge in [0.25, 0.3) is 0 Å². The summed E-state index contributed by atoms with van der Waals surface area (Å²) in [6, 6.07) is 6.12. The first-order valence-corrected chi connectivity index (χ1v) is 6.70. The largest absolute Gasteiger partial charge is 0.489 e. The molecule has 1 aromatic rings. The molecule has 0 spiro atoms. The van der Waals surface area contributed by atoms with Crippen LogP contribution in [0.15, 0.2) is 34.3 Å². The van der Waals surface area contributed by atoms with Gasteiger partial charge in [0.15, 0.2) is 0 Å². The summed E-state index contributed by atoms with van der Waals surface area (Å²) in [5, 5.41) is 0. The van der Waals surface area contributed by atoms with Gasteiger partial charge in [-0.1, -0.05) is 22.0 Å². The smallest absolute Gasteiger partial charge is 0.122 e. The molecule has 0 saturated heterocycles. The van der Waals surface area contributed by atoms with Crippen LogP contribution in [-0.2, 0) is 0 Å². The van der Waals surface area contributed by atoms with Crippen LogP contribution in [0.5, 0.6) is 5.75 Å². The quantitative estimate of drug-likeness (QED) is 0.793. The molecule has 0 amide bonds. The van der Waals surface area contributed by atoms with Gasteiger partial charge in [0.05, 0.1) is 0 Å². The number of rotatable bonds is 3. The lowest BCUT2D eigenvalue weighted by Crippen LogP contribution is -2.27. The Morgan fingerprint density at radius 2 is 2.24 bits per heavy atom. The van der Waals surface area contributed by atoms with Crippen molar-refractivity contribution >= 4 is 15.9 Å². The van der Waals surface area contributed by atoms with E-state index in [0.717, 1.165) is 29.7 Å². The molecule has 0 saturated carbocycles. The summed E-state index contributed by atoms with van der Waals surface area (Å²) in [6.07, 6.45) is 3.43. The highest BCUT2D eigenvalue weighted by Crippen LogP contribution is 2.23. The molecular weight excluding hydrogens is 278 g/mol. The summed E-state index contributed by atoms with van der Waals surface area (Å²) >= 11 is 3.46. The summed E-state index contributed by atoms with van der Waals surface area (Å²) in [4.78, 5) is 2.33. The predicted octanol–water partition coefficient (Wildman–Crippen LogP) is 3.40. The molecule has 0 radical (unpaired) electrons. The number of halogens is 1. The maximum absolute atomic E-state index is 5.86. The first-order chi connectivity index (χ1) is 8.15. The van der Waals surface area contributed by atoms with Crippen molar-refractivity contribution in [1.82, 2.24) is 4.90 Å². The average molecular weight is 296 g/mol. The van der Waals surface area contributed by atoms with Crippen LogP contribution in [0.2, 0.25) is 0 Å². The first-order valence-electron chi connectivity index (χ1n) is 5.90. The molecule has 2 nitrogen and oxygen atoms in total. The second-order valence-electron chi connectivity index (χ2n) is 4.59. The van der Waals surface area contributed by atoms with Gasteiger partial charge >= 0.3 is 0 Å². The van der Waals surface area contributed by atoms with E-state index in [0.29, 0.717) is 6.61 Å². The summed E-state index contributed by atoms with van der Waals surface area (Å²) in [7, 11) is 2.15. The monoisotopic (exact) mass is 295 g/mol. The Morgan fingerprint density at radius 3 is 2.94 bits per heavy atom. The molecule has 1 aliphatic heterocycles. The molecule has 0 bridgehead atoms. The lowest BCUT2D eigenvalue weighted by Gasteiger charge is -2.23. The third-order valence-corrected chi connectivity index (χ3v) is 3.46. The summed E-state index contributed by atoms with van der Waals surface area (Å²) in [6.45, 7) is 4.95. The van der Waals surface area contributed by atoms with Gasteiger partial charge in [-0.25, -0.2) is 0 Å². The van der Waals surface area contributed by atoms with Gasteiger partial charge in [0, 0.05) is 17.6 Å². The molecule has 0 atom stereocenters. The molecule has 0 unspecified atom stereocenters. The number of aryl methyl sites for hydroxylation is 1. The number of likely N-dealkylation sites (N-methyl/N-ethyl adjacent to an activating group) is 1. The van der Waals surface area contributed by atoms with Gasteiger partial charge < -0.3 is 9.64 Å². The zero-order chi connectivity index (χ0) is 12.3. The van der Waals surface area contributed by atoms with Crippen LogP contribution < -0.4 is 4.74 Å². The van der Waals surface area contributed by atoms with E-state index in [-0.39, 0.29) is 0 Å². The Morgan fingerprint density at radius 1 is 1.41 bits per heavy atom. The fraction of sp³-hybridized carbons (Fsp3) is 0.429. The molecule has 0 N–H and O–H groups in total. The standard InChI is InChI=1S/C14H18BrNO/c1-11-8-13(15)5-6-14(11)17-10-12-4-3-7-16(2)9-12/h4-6,8H,3,7,9-10H2,1-2H3. The number of nitrogens with zero attached hydrogens (tertiary/aromatic N) is 1. The second-order valence-corrected chi connectivity index (χ2v) is 5.50. The van der Waals surface area contributed by atoms with E-state index < -0.39 is 0 Å². The Bertz CT molecular complexity index is 428. The van der Waals surface area contributed by atoms with Crippen molar-refractivity contribution in [3.63, 3.8) is 0 Å². The van der Waals surface area contributed by atoms with Gasteiger partial charge in [-0.15, -0.1) is 0 Å². The van der Waals surface area contributed by atoms with Gasteiger partial charge in [0.1, 0.15) is 12.4 Å². The van der Waals surface area contributed by atoms with Crippen molar-refractivity contribution in [2.45, 2.75) is 13.3 Å². The molecule has 2 rings (SSSR count). The topological polar surface area (TPSA) is 12.5 Å². The number of ether oxygens (including phenoxy) is 1. The van der Waals surface area contributed by atoms with Crippen molar-refractivity contribution < 1.29 is 4.74 Å². The van der Waals surface area contributed by atoms with Crippen molar-refractivity contribution in [2.24, 2.45) is 0 Å². The minimum absolute atomic E-state index is 0.701. The second kappa shape index (κ2) is 5.69. The van der Waals surface area contributed by atoms with E-state index in [1.807, 2.05) is 12.1 Å². The van der Waals surface area contributed by atoms with Gasteiger partial charge in [-0.2, -0.15) is 0 Å². The van der Waals surface area contributed by atoms with Gasteiger partial charge in [-0.3, -0.25) is 0 Å². The number of hydrogen-bond acceptors (Lipinski definition) is 2. The van der Waals surface area contributed by atoms with Crippen molar-refractivity contribution in [3.05, 3.63) is 39.9 Å². The van der Waals surface area contributed by atoms with E-state index in [1.54, 1.807) is 0 Å². The Kier molecular flexibility index (Phi) is 4.24. The molecule has 0 fully saturated rings. The molecular formula is C14H18BrNO. The van der Waals surface area contributed by atoms with Crippen LogP contribution in [0.25, 0.3) is 0 Å². The summed E-state index contributed by atoms with van der Waals surface area (Å²) in [5.41, 5.74) is 2.55. The SMILES string of the molecule is Cc1cc(Br)ccc1OCC1=CCCN(C)C1. The molecule has 0 aliphatic carbocycles. The van der Waals surface area contributed by atoms with Gasteiger partial charge in [0.2, 0.25) is 0 Å². The van der Waals surface area contributed by atoms with Gasteiger partial charge in [-0.05, 0) is 49.7 Å².